The molecule has 1 aliphatic heterocycles. The van der Waals surface area contributed by atoms with Gasteiger partial charge in [-0.2, -0.15) is 0 Å². The van der Waals surface area contributed by atoms with Crippen LogP contribution in [-0.2, 0) is 13.9 Å². The van der Waals surface area contributed by atoms with Crippen molar-refractivity contribution in [2.45, 2.75) is 83.6 Å². The molecule has 0 amide bonds. The Kier molecular flexibility index (Phi) is 3.78. The van der Waals surface area contributed by atoms with Crippen LogP contribution in [0.1, 0.15) is 48.0 Å². The molecule has 1 fully saturated rings. The lowest BCUT2D eigenvalue weighted by Gasteiger charge is -2.38. The summed E-state index contributed by atoms with van der Waals surface area (Å²) in [6.07, 6.45) is 3.29. The number of rotatable bonds is 2. The summed E-state index contributed by atoms with van der Waals surface area (Å²) in [5, 5.41) is 0.233. The van der Waals surface area contributed by atoms with Gasteiger partial charge in [0.1, 0.15) is 5.60 Å². The van der Waals surface area contributed by atoms with E-state index in [4.69, 9.17) is 13.9 Å². The van der Waals surface area contributed by atoms with Gasteiger partial charge in [-0.15, -0.1) is 0 Å². The van der Waals surface area contributed by atoms with Crippen molar-refractivity contribution in [3.63, 3.8) is 0 Å². The molecule has 1 heterocycles. The second-order valence-corrected chi connectivity index (χ2v) is 13.0. The van der Waals surface area contributed by atoms with E-state index in [0.29, 0.717) is 6.61 Å². The van der Waals surface area contributed by atoms with Crippen LogP contribution >= 0.6 is 0 Å². The van der Waals surface area contributed by atoms with Gasteiger partial charge >= 0.3 is 0 Å². The third-order valence-electron chi connectivity index (χ3n) is 5.03. The molecule has 0 bridgehead atoms. The van der Waals surface area contributed by atoms with Crippen LogP contribution in [0.5, 0.6) is 0 Å². The third kappa shape index (κ3) is 2.89. The fraction of sp³-hybridized carbons (Fsp3) is 0.875. The van der Waals surface area contributed by atoms with Gasteiger partial charge in [-0.3, -0.25) is 0 Å². The SMILES string of the molecule is CC1=C[C@H](O[Si](C)(C)C(C)(C)C)C[C@]12COC(C)(C)O2. The highest BCUT2D eigenvalue weighted by Crippen LogP contribution is 2.46. The molecule has 2 atom stereocenters. The van der Waals surface area contributed by atoms with Crippen molar-refractivity contribution < 1.29 is 13.9 Å². The maximum atomic E-state index is 6.52. The van der Waals surface area contributed by atoms with Crippen LogP contribution in [0.3, 0.4) is 0 Å². The molecule has 20 heavy (non-hydrogen) atoms. The minimum absolute atomic E-state index is 0.161. The highest BCUT2D eigenvalue weighted by atomic mass is 28.4. The Labute approximate surface area is 124 Å². The molecule has 3 nitrogen and oxygen atoms in total. The topological polar surface area (TPSA) is 27.7 Å². The molecule has 0 unspecified atom stereocenters. The molecule has 0 radical (unpaired) electrons. The molecule has 0 N–H and O–H groups in total. The van der Waals surface area contributed by atoms with Crippen molar-refractivity contribution in [3.8, 4) is 0 Å². The monoisotopic (exact) mass is 298 g/mol. The lowest BCUT2D eigenvalue weighted by atomic mass is 9.98. The van der Waals surface area contributed by atoms with E-state index in [0.717, 1.165) is 6.42 Å². The third-order valence-corrected chi connectivity index (χ3v) is 9.54. The molecule has 0 aromatic carbocycles. The van der Waals surface area contributed by atoms with Crippen molar-refractivity contribution in [3.05, 3.63) is 11.6 Å². The van der Waals surface area contributed by atoms with E-state index in [2.05, 4.69) is 46.9 Å². The van der Waals surface area contributed by atoms with Gasteiger partial charge in [0.05, 0.1) is 12.7 Å². The molecule has 2 aliphatic rings. The zero-order chi connectivity index (χ0) is 15.4. The average molecular weight is 298 g/mol. The predicted octanol–water partition coefficient (Wildman–Crippen LogP) is 4.25. The van der Waals surface area contributed by atoms with Crippen LogP contribution in [0.25, 0.3) is 0 Å². The fourth-order valence-electron chi connectivity index (χ4n) is 2.72. The Morgan fingerprint density at radius 1 is 1.30 bits per heavy atom. The smallest absolute Gasteiger partial charge is 0.192 e. The summed E-state index contributed by atoms with van der Waals surface area (Å²) < 4.78 is 18.5. The lowest BCUT2D eigenvalue weighted by Crippen LogP contribution is -2.44. The summed E-state index contributed by atoms with van der Waals surface area (Å²) in [5.74, 6) is -0.485. The molecule has 0 aromatic heterocycles. The first-order valence-corrected chi connectivity index (χ1v) is 10.5. The Balaban J connectivity index is 2.10. The fourth-order valence-corrected chi connectivity index (χ4v) is 3.98. The molecule has 4 heteroatoms. The van der Waals surface area contributed by atoms with E-state index in [1.807, 2.05) is 13.8 Å². The Morgan fingerprint density at radius 3 is 2.35 bits per heavy atom. The summed E-state index contributed by atoms with van der Waals surface area (Å²) in [7, 11) is -1.74. The van der Waals surface area contributed by atoms with Gasteiger partial charge in [0, 0.05) is 6.42 Å². The Morgan fingerprint density at radius 2 is 1.90 bits per heavy atom. The minimum Gasteiger partial charge on any atom is -0.410 e. The van der Waals surface area contributed by atoms with E-state index in [1.165, 1.54) is 5.57 Å². The zero-order valence-corrected chi connectivity index (χ0v) is 15.3. The molecule has 116 valence electrons. The predicted molar refractivity (Wildman–Crippen MR) is 84.3 cm³/mol. The van der Waals surface area contributed by atoms with E-state index in [9.17, 15) is 0 Å². The standard InChI is InChI=1S/C16H30O3Si/c1-12-9-13(18-20(7,8)14(2,3)4)10-16(12)11-17-15(5,6)19-16/h9,13H,10-11H2,1-8H3/t13-,16-/m0/s1. The normalized spacial score (nSPS) is 33.8. The Hall–Kier alpha value is -0.163. The van der Waals surface area contributed by atoms with Gasteiger partial charge in [0.25, 0.3) is 0 Å². The number of hydrogen-bond donors (Lipinski definition) is 0. The minimum atomic E-state index is -1.74. The summed E-state index contributed by atoms with van der Waals surface area (Å²) >= 11 is 0. The summed E-state index contributed by atoms with van der Waals surface area (Å²) in [6, 6.07) is 0. The van der Waals surface area contributed by atoms with Crippen LogP contribution in [0, 0.1) is 0 Å². The van der Waals surface area contributed by atoms with E-state index in [1.54, 1.807) is 0 Å². The van der Waals surface area contributed by atoms with E-state index in [-0.39, 0.29) is 16.7 Å². The summed E-state index contributed by atoms with van der Waals surface area (Å²) in [5.41, 5.74) is 0.989. The van der Waals surface area contributed by atoms with Gasteiger partial charge in [-0.1, -0.05) is 26.8 Å². The van der Waals surface area contributed by atoms with Crippen molar-refractivity contribution >= 4 is 8.32 Å². The maximum Gasteiger partial charge on any atom is 0.192 e. The van der Waals surface area contributed by atoms with Crippen molar-refractivity contribution in [1.82, 2.24) is 0 Å². The van der Waals surface area contributed by atoms with E-state index < -0.39 is 14.1 Å². The van der Waals surface area contributed by atoms with Crippen molar-refractivity contribution in [2.75, 3.05) is 6.61 Å². The number of hydrogen-bond acceptors (Lipinski definition) is 3. The van der Waals surface area contributed by atoms with Gasteiger partial charge in [-0.25, -0.2) is 0 Å². The lowest BCUT2D eigenvalue weighted by molar-refractivity contribution is -0.154. The van der Waals surface area contributed by atoms with Crippen LogP contribution < -0.4 is 0 Å². The zero-order valence-electron chi connectivity index (χ0n) is 14.3. The molecule has 0 aromatic rings. The van der Waals surface area contributed by atoms with Crippen molar-refractivity contribution in [2.24, 2.45) is 0 Å². The first kappa shape index (κ1) is 16.2. The molecule has 0 saturated carbocycles. The van der Waals surface area contributed by atoms with Crippen molar-refractivity contribution in [1.29, 1.82) is 0 Å². The largest absolute Gasteiger partial charge is 0.410 e. The van der Waals surface area contributed by atoms with Crippen LogP contribution in [0.15, 0.2) is 11.6 Å². The second kappa shape index (κ2) is 4.67. The summed E-state index contributed by atoms with van der Waals surface area (Å²) in [4.78, 5) is 0. The summed E-state index contributed by atoms with van der Waals surface area (Å²) in [6.45, 7) is 18.2. The molecule has 2 rings (SSSR count). The molecule has 1 saturated heterocycles. The van der Waals surface area contributed by atoms with Crippen LogP contribution in [-0.4, -0.2) is 32.4 Å². The average Bonchev–Trinajstić information content (AvgIpc) is 2.66. The van der Waals surface area contributed by atoms with E-state index >= 15 is 0 Å². The first-order valence-electron chi connectivity index (χ1n) is 7.58. The van der Waals surface area contributed by atoms with Gasteiger partial charge in [-0.05, 0) is 44.5 Å². The van der Waals surface area contributed by atoms with Gasteiger partial charge in [0.2, 0.25) is 0 Å². The van der Waals surface area contributed by atoms with Crippen LogP contribution in [0.2, 0.25) is 18.1 Å². The Bertz CT molecular complexity index is 420. The second-order valence-electron chi connectivity index (χ2n) is 8.26. The highest BCUT2D eigenvalue weighted by Gasteiger charge is 2.52. The number of ether oxygens (including phenoxy) is 2. The van der Waals surface area contributed by atoms with Gasteiger partial charge < -0.3 is 13.9 Å². The molecular weight excluding hydrogens is 268 g/mol. The van der Waals surface area contributed by atoms with Crippen LogP contribution in [0.4, 0.5) is 0 Å². The van der Waals surface area contributed by atoms with Gasteiger partial charge in [0.15, 0.2) is 14.1 Å². The molecule has 1 aliphatic carbocycles. The molecular formula is C16H30O3Si. The molecule has 1 spiro atoms. The maximum absolute atomic E-state index is 6.52. The highest BCUT2D eigenvalue weighted by molar-refractivity contribution is 6.74. The first-order chi connectivity index (χ1) is 8.87. The quantitative estimate of drug-likeness (QED) is 0.563.